The lowest BCUT2D eigenvalue weighted by molar-refractivity contribution is 0.0526. The van der Waals surface area contributed by atoms with Crippen LogP contribution >= 0.6 is 11.3 Å². The highest BCUT2D eigenvalue weighted by molar-refractivity contribution is 7.16. The molecule has 1 aromatic carbocycles. The van der Waals surface area contributed by atoms with Crippen LogP contribution in [0.15, 0.2) is 49.1 Å². The van der Waals surface area contributed by atoms with Gasteiger partial charge in [-0.2, -0.15) is 0 Å². The van der Waals surface area contributed by atoms with Crippen molar-refractivity contribution in [3.63, 3.8) is 0 Å². The number of carbonyl (C=O) groups excluding carboxylic acids is 1. The van der Waals surface area contributed by atoms with Gasteiger partial charge in [-0.15, -0.1) is 11.3 Å². The monoisotopic (exact) mass is 423 g/mol. The summed E-state index contributed by atoms with van der Waals surface area (Å²) in [6, 6.07) is 10.5. The number of rotatable bonds is 7. The van der Waals surface area contributed by atoms with Gasteiger partial charge in [0.25, 0.3) is 0 Å². The van der Waals surface area contributed by atoms with Crippen LogP contribution in [0.3, 0.4) is 0 Å². The Balaban J connectivity index is 1.61. The summed E-state index contributed by atoms with van der Waals surface area (Å²) in [5.41, 5.74) is 9.07. The molecular formula is C23H25N3O3S. The molecule has 0 aliphatic heterocycles. The number of ether oxygens (including phenoxy) is 2. The van der Waals surface area contributed by atoms with Crippen LogP contribution in [-0.2, 0) is 23.0 Å². The molecule has 0 spiro atoms. The summed E-state index contributed by atoms with van der Waals surface area (Å²) in [5.74, 6) is 0.356. The van der Waals surface area contributed by atoms with Crippen molar-refractivity contribution in [3.05, 3.63) is 70.6 Å². The zero-order chi connectivity index (χ0) is 21.0. The van der Waals surface area contributed by atoms with Gasteiger partial charge in [-0.25, -0.2) is 14.8 Å². The average molecular weight is 424 g/mol. The molecule has 3 aromatic rings. The summed E-state index contributed by atoms with van der Waals surface area (Å²) in [5, 5.41) is 0.556. The van der Waals surface area contributed by atoms with E-state index in [1.54, 1.807) is 12.4 Å². The summed E-state index contributed by atoms with van der Waals surface area (Å²) in [6.07, 6.45) is 8.22. The molecule has 0 amide bonds. The molecule has 2 N–H and O–H groups in total. The molecule has 0 saturated heterocycles. The Hall–Kier alpha value is -2.93. The van der Waals surface area contributed by atoms with Gasteiger partial charge in [0.05, 0.1) is 31.2 Å². The zero-order valence-electron chi connectivity index (χ0n) is 17.0. The van der Waals surface area contributed by atoms with Gasteiger partial charge in [0.2, 0.25) is 0 Å². The minimum Gasteiger partial charge on any atom is -0.490 e. The van der Waals surface area contributed by atoms with E-state index in [1.807, 2.05) is 13.0 Å². The molecule has 0 radical (unpaired) electrons. The number of esters is 1. The van der Waals surface area contributed by atoms with Crippen molar-refractivity contribution in [1.82, 2.24) is 9.97 Å². The van der Waals surface area contributed by atoms with Crippen molar-refractivity contribution in [2.75, 3.05) is 18.9 Å². The van der Waals surface area contributed by atoms with Gasteiger partial charge < -0.3 is 15.2 Å². The fourth-order valence-electron chi connectivity index (χ4n) is 4.25. The third-order valence-electron chi connectivity index (χ3n) is 5.72. The molecule has 2 aromatic heterocycles. The topological polar surface area (TPSA) is 87.3 Å². The first kappa shape index (κ1) is 20.3. The number of benzene rings is 1. The number of nitrogen functional groups attached to an aromatic ring is 1. The van der Waals surface area contributed by atoms with Crippen molar-refractivity contribution < 1.29 is 14.3 Å². The summed E-state index contributed by atoms with van der Waals surface area (Å²) < 4.78 is 11.2. The van der Waals surface area contributed by atoms with Crippen molar-refractivity contribution in [3.8, 4) is 5.75 Å². The quantitative estimate of drug-likeness (QED) is 0.573. The molecule has 7 heteroatoms. The van der Waals surface area contributed by atoms with Gasteiger partial charge in [-0.3, -0.25) is 0 Å². The highest BCUT2D eigenvalue weighted by Gasteiger charge is 2.39. The van der Waals surface area contributed by atoms with E-state index in [0.717, 1.165) is 31.2 Å². The number of hydrogen-bond acceptors (Lipinski definition) is 7. The molecule has 2 heterocycles. The van der Waals surface area contributed by atoms with Crippen LogP contribution in [0.5, 0.6) is 5.75 Å². The van der Waals surface area contributed by atoms with Gasteiger partial charge in [0, 0.05) is 10.3 Å². The van der Waals surface area contributed by atoms with Crippen molar-refractivity contribution in [2.45, 2.75) is 38.0 Å². The number of hydrogen-bond donors (Lipinski definition) is 1. The Morgan fingerprint density at radius 3 is 2.73 bits per heavy atom. The van der Waals surface area contributed by atoms with Gasteiger partial charge in [-0.05, 0) is 43.7 Å². The average Bonchev–Trinajstić information content (AvgIpc) is 3.10. The largest absolute Gasteiger partial charge is 0.490 e. The highest BCUT2D eigenvalue weighted by Crippen LogP contribution is 2.46. The summed E-state index contributed by atoms with van der Waals surface area (Å²) >= 11 is 1.51. The van der Waals surface area contributed by atoms with E-state index in [1.165, 1.54) is 28.1 Å². The van der Waals surface area contributed by atoms with E-state index < -0.39 is 0 Å². The molecule has 1 unspecified atom stereocenters. The molecule has 1 aliphatic carbocycles. The van der Waals surface area contributed by atoms with Gasteiger partial charge in [0.1, 0.15) is 11.3 Å². The molecule has 6 nitrogen and oxygen atoms in total. The van der Waals surface area contributed by atoms with E-state index in [0.29, 0.717) is 29.5 Å². The molecule has 4 rings (SSSR count). The fraction of sp³-hybridized carbons (Fsp3) is 0.348. The lowest BCUT2D eigenvalue weighted by Crippen LogP contribution is -2.35. The maximum absolute atomic E-state index is 12.4. The first-order valence-corrected chi connectivity index (χ1v) is 10.9. The predicted molar refractivity (Wildman–Crippen MR) is 117 cm³/mol. The van der Waals surface area contributed by atoms with Crippen LogP contribution in [0.4, 0.5) is 5.00 Å². The van der Waals surface area contributed by atoms with Crippen LogP contribution in [0.1, 0.15) is 46.1 Å². The molecule has 0 saturated carbocycles. The molecule has 0 bridgehead atoms. The van der Waals surface area contributed by atoms with E-state index in [4.69, 9.17) is 15.2 Å². The minimum atomic E-state index is -0.313. The fourth-order valence-corrected chi connectivity index (χ4v) is 5.50. The van der Waals surface area contributed by atoms with Crippen LogP contribution in [0.25, 0.3) is 0 Å². The van der Waals surface area contributed by atoms with E-state index in [2.05, 4.69) is 34.2 Å². The first-order valence-electron chi connectivity index (χ1n) is 10.1. The van der Waals surface area contributed by atoms with Crippen LogP contribution in [0, 0.1) is 0 Å². The van der Waals surface area contributed by atoms with E-state index in [-0.39, 0.29) is 11.4 Å². The van der Waals surface area contributed by atoms with Gasteiger partial charge in [0.15, 0.2) is 5.75 Å². The van der Waals surface area contributed by atoms with Crippen LogP contribution in [-0.4, -0.2) is 29.2 Å². The minimum absolute atomic E-state index is 0.0763. The number of aromatic nitrogens is 2. The third-order valence-corrected chi connectivity index (χ3v) is 6.78. The molecular weight excluding hydrogens is 398 g/mol. The van der Waals surface area contributed by atoms with E-state index >= 15 is 0 Å². The predicted octanol–water partition coefficient (Wildman–Crippen LogP) is 4.19. The number of anilines is 1. The lowest BCUT2D eigenvalue weighted by Gasteiger charge is -2.38. The first-order chi connectivity index (χ1) is 14.6. The van der Waals surface area contributed by atoms with Crippen molar-refractivity contribution in [1.29, 1.82) is 0 Å². The highest BCUT2D eigenvalue weighted by atomic mass is 32.1. The lowest BCUT2D eigenvalue weighted by atomic mass is 9.67. The second-order valence-electron chi connectivity index (χ2n) is 7.46. The Morgan fingerprint density at radius 1 is 1.23 bits per heavy atom. The summed E-state index contributed by atoms with van der Waals surface area (Å²) in [6.45, 7) is 2.71. The van der Waals surface area contributed by atoms with Crippen LogP contribution in [0.2, 0.25) is 0 Å². The maximum atomic E-state index is 12.4. The molecule has 30 heavy (non-hydrogen) atoms. The SMILES string of the molecule is CCOC(=O)c1c(N)sc2c1CCC(CCOc1cncnc1)(c1ccccc1)C2. The Bertz CT molecular complexity index is 1010. The number of fused-ring (bicyclic) bond motifs is 1. The Morgan fingerprint density at radius 2 is 2.00 bits per heavy atom. The normalized spacial score (nSPS) is 17.9. The molecule has 1 aliphatic rings. The van der Waals surface area contributed by atoms with Gasteiger partial charge >= 0.3 is 5.97 Å². The standard InChI is InChI=1S/C23H25N3O3S/c1-2-28-22(27)20-18-8-9-23(12-19(18)30-21(20)24,16-6-4-3-5-7-16)10-11-29-17-13-25-15-26-14-17/h3-7,13-15H,2,8-12,24H2,1H3. The molecule has 0 fully saturated rings. The van der Waals surface area contributed by atoms with Crippen molar-refractivity contribution >= 4 is 22.3 Å². The smallest absolute Gasteiger partial charge is 0.341 e. The maximum Gasteiger partial charge on any atom is 0.341 e. The van der Waals surface area contributed by atoms with Gasteiger partial charge in [-0.1, -0.05) is 30.3 Å². The zero-order valence-corrected chi connectivity index (χ0v) is 17.8. The summed E-state index contributed by atoms with van der Waals surface area (Å²) in [4.78, 5) is 21.6. The molecule has 156 valence electrons. The Kier molecular flexibility index (Phi) is 5.99. The number of thiophene rings is 1. The van der Waals surface area contributed by atoms with Crippen LogP contribution < -0.4 is 10.5 Å². The second-order valence-corrected chi connectivity index (χ2v) is 8.60. The Labute approximate surface area is 180 Å². The molecule has 1 atom stereocenters. The van der Waals surface area contributed by atoms with E-state index in [9.17, 15) is 4.79 Å². The van der Waals surface area contributed by atoms with Crippen molar-refractivity contribution in [2.24, 2.45) is 0 Å². The second kappa shape index (κ2) is 8.83. The number of nitrogens with two attached hydrogens (primary N) is 1. The number of nitrogens with zero attached hydrogens (tertiary/aromatic N) is 2. The summed E-state index contributed by atoms with van der Waals surface area (Å²) in [7, 11) is 0. The third kappa shape index (κ3) is 4.03. The number of carbonyl (C=O) groups is 1.